The zero-order valence-electron chi connectivity index (χ0n) is 10.7. The van der Waals surface area contributed by atoms with Crippen LogP contribution in [0.5, 0.6) is 0 Å². The topological polar surface area (TPSA) is 29.3 Å². The third-order valence-electron chi connectivity index (χ3n) is 2.93. The number of rotatable bonds is 3. The van der Waals surface area contributed by atoms with Crippen LogP contribution in [0.2, 0.25) is 0 Å². The summed E-state index contributed by atoms with van der Waals surface area (Å²) in [6.07, 6.45) is 0. The summed E-state index contributed by atoms with van der Waals surface area (Å²) < 4.78 is 12.9. The maximum absolute atomic E-state index is 12.9. The fourth-order valence-corrected chi connectivity index (χ4v) is 2.03. The van der Waals surface area contributed by atoms with E-state index in [1.165, 1.54) is 12.1 Å². The minimum Gasteiger partial charge on any atom is -0.397 e. The zero-order chi connectivity index (χ0) is 13.1. The number of halogens is 1. The molecule has 0 fully saturated rings. The molecule has 18 heavy (non-hydrogen) atoms. The van der Waals surface area contributed by atoms with Gasteiger partial charge >= 0.3 is 0 Å². The number of nitrogens with zero attached hydrogens (tertiary/aromatic N) is 1. The van der Waals surface area contributed by atoms with E-state index in [1.54, 1.807) is 12.1 Å². The van der Waals surface area contributed by atoms with Gasteiger partial charge in [0.2, 0.25) is 0 Å². The van der Waals surface area contributed by atoms with Gasteiger partial charge in [0.15, 0.2) is 0 Å². The summed E-state index contributed by atoms with van der Waals surface area (Å²) in [6.45, 7) is 4.83. The van der Waals surface area contributed by atoms with Gasteiger partial charge in [-0.15, -0.1) is 0 Å². The largest absolute Gasteiger partial charge is 0.397 e. The lowest BCUT2D eigenvalue weighted by atomic mass is 10.1. The smallest absolute Gasteiger partial charge is 0.123 e. The molecular formula is C15H17FN2. The number of anilines is 3. The van der Waals surface area contributed by atoms with Gasteiger partial charge < -0.3 is 10.6 Å². The average molecular weight is 244 g/mol. The van der Waals surface area contributed by atoms with Crippen LogP contribution in [0.25, 0.3) is 0 Å². The van der Waals surface area contributed by atoms with Crippen molar-refractivity contribution in [1.82, 2.24) is 0 Å². The van der Waals surface area contributed by atoms with Crippen molar-refractivity contribution in [3.8, 4) is 0 Å². The number of benzene rings is 2. The SMILES string of the molecule is CCN(c1ccc(F)cc1)c1ccc(C)cc1N. The number of hydrogen-bond donors (Lipinski definition) is 1. The molecule has 0 aliphatic heterocycles. The van der Waals surface area contributed by atoms with Crippen LogP contribution in [-0.2, 0) is 0 Å². The molecule has 0 unspecified atom stereocenters. The van der Waals surface area contributed by atoms with Crippen LogP contribution in [0.1, 0.15) is 12.5 Å². The van der Waals surface area contributed by atoms with Crippen LogP contribution < -0.4 is 10.6 Å². The zero-order valence-corrected chi connectivity index (χ0v) is 10.7. The molecule has 0 bridgehead atoms. The minimum absolute atomic E-state index is 0.230. The van der Waals surface area contributed by atoms with Gasteiger partial charge in [0.25, 0.3) is 0 Å². The van der Waals surface area contributed by atoms with Crippen molar-refractivity contribution in [2.45, 2.75) is 13.8 Å². The first-order valence-electron chi connectivity index (χ1n) is 6.01. The third-order valence-corrected chi connectivity index (χ3v) is 2.93. The van der Waals surface area contributed by atoms with E-state index in [0.717, 1.165) is 29.2 Å². The molecule has 2 N–H and O–H groups in total. The van der Waals surface area contributed by atoms with Crippen molar-refractivity contribution in [2.75, 3.05) is 17.2 Å². The summed E-state index contributed by atoms with van der Waals surface area (Å²) in [5.41, 5.74) is 9.81. The Hall–Kier alpha value is -2.03. The maximum atomic E-state index is 12.9. The Kier molecular flexibility index (Phi) is 3.51. The molecule has 0 aliphatic carbocycles. The molecule has 2 aromatic rings. The first-order valence-corrected chi connectivity index (χ1v) is 6.01. The Balaban J connectivity index is 2.41. The van der Waals surface area contributed by atoms with Crippen LogP contribution in [0.3, 0.4) is 0 Å². The molecule has 2 rings (SSSR count). The number of nitrogen functional groups attached to an aromatic ring is 1. The minimum atomic E-state index is -0.230. The predicted molar refractivity (Wildman–Crippen MR) is 74.7 cm³/mol. The van der Waals surface area contributed by atoms with E-state index in [9.17, 15) is 4.39 Å². The first-order chi connectivity index (χ1) is 8.61. The Labute approximate surface area is 107 Å². The summed E-state index contributed by atoms with van der Waals surface area (Å²) in [4.78, 5) is 2.06. The fourth-order valence-electron chi connectivity index (χ4n) is 2.03. The summed E-state index contributed by atoms with van der Waals surface area (Å²) in [5.74, 6) is -0.230. The monoisotopic (exact) mass is 244 g/mol. The number of aryl methyl sites for hydroxylation is 1. The van der Waals surface area contributed by atoms with Gasteiger partial charge in [-0.1, -0.05) is 6.07 Å². The number of nitrogens with two attached hydrogens (primary N) is 1. The molecule has 0 aromatic heterocycles. The second kappa shape index (κ2) is 5.08. The van der Waals surface area contributed by atoms with Gasteiger partial charge in [-0.3, -0.25) is 0 Å². The van der Waals surface area contributed by atoms with Crippen molar-refractivity contribution in [2.24, 2.45) is 0 Å². The summed E-state index contributed by atoms with van der Waals surface area (Å²) in [7, 11) is 0. The molecule has 0 atom stereocenters. The third kappa shape index (κ3) is 2.45. The lowest BCUT2D eigenvalue weighted by Gasteiger charge is -2.25. The molecule has 0 saturated heterocycles. The lowest BCUT2D eigenvalue weighted by Crippen LogP contribution is -2.17. The molecule has 0 aliphatic rings. The van der Waals surface area contributed by atoms with E-state index in [1.807, 2.05) is 32.0 Å². The Bertz CT molecular complexity index is 535. The van der Waals surface area contributed by atoms with Gasteiger partial charge in [-0.2, -0.15) is 0 Å². The van der Waals surface area contributed by atoms with Gasteiger partial charge in [0.1, 0.15) is 5.82 Å². The van der Waals surface area contributed by atoms with Gasteiger partial charge in [0.05, 0.1) is 11.4 Å². The second-order valence-electron chi connectivity index (χ2n) is 4.28. The first kappa shape index (κ1) is 12.4. The van der Waals surface area contributed by atoms with Gasteiger partial charge in [0, 0.05) is 12.2 Å². The molecule has 0 saturated carbocycles. The average Bonchev–Trinajstić information content (AvgIpc) is 2.35. The van der Waals surface area contributed by atoms with Crippen molar-refractivity contribution >= 4 is 17.1 Å². The predicted octanol–water partition coefficient (Wildman–Crippen LogP) is 3.87. The molecule has 0 radical (unpaired) electrons. The molecule has 0 heterocycles. The van der Waals surface area contributed by atoms with E-state index in [4.69, 9.17) is 5.73 Å². The summed E-state index contributed by atoms with van der Waals surface area (Å²) >= 11 is 0. The van der Waals surface area contributed by atoms with E-state index in [-0.39, 0.29) is 5.82 Å². The molecule has 0 spiro atoms. The van der Waals surface area contributed by atoms with Crippen molar-refractivity contribution < 1.29 is 4.39 Å². The second-order valence-corrected chi connectivity index (χ2v) is 4.28. The Morgan fingerprint density at radius 1 is 1.11 bits per heavy atom. The van der Waals surface area contributed by atoms with Crippen LogP contribution >= 0.6 is 0 Å². The maximum Gasteiger partial charge on any atom is 0.123 e. The van der Waals surface area contributed by atoms with E-state index >= 15 is 0 Å². The van der Waals surface area contributed by atoms with Crippen molar-refractivity contribution in [1.29, 1.82) is 0 Å². The van der Waals surface area contributed by atoms with Crippen molar-refractivity contribution in [3.05, 3.63) is 53.8 Å². The van der Waals surface area contributed by atoms with E-state index in [2.05, 4.69) is 4.90 Å². The van der Waals surface area contributed by atoms with Gasteiger partial charge in [-0.25, -0.2) is 4.39 Å². The van der Waals surface area contributed by atoms with Crippen LogP contribution in [0.4, 0.5) is 21.5 Å². The van der Waals surface area contributed by atoms with E-state index in [0.29, 0.717) is 0 Å². The Morgan fingerprint density at radius 3 is 2.33 bits per heavy atom. The highest BCUT2D eigenvalue weighted by molar-refractivity contribution is 5.75. The van der Waals surface area contributed by atoms with E-state index < -0.39 is 0 Å². The number of hydrogen-bond acceptors (Lipinski definition) is 2. The highest BCUT2D eigenvalue weighted by Crippen LogP contribution is 2.30. The van der Waals surface area contributed by atoms with Gasteiger partial charge in [-0.05, 0) is 55.8 Å². The Morgan fingerprint density at radius 2 is 1.78 bits per heavy atom. The molecule has 2 aromatic carbocycles. The molecule has 2 nitrogen and oxygen atoms in total. The quantitative estimate of drug-likeness (QED) is 0.830. The molecular weight excluding hydrogens is 227 g/mol. The molecule has 3 heteroatoms. The highest BCUT2D eigenvalue weighted by atomic mass is 19.1. The fraction of sp³-hybridized carbons (Fsp3) is 0.200. The van der Waals surface area contributed by atoms with Crippen LogP contribution in [0.15, 0.2) is 42.5 Å². The normalized spacial score (nSPS) is 10.4. The van der Waals surface area contributed by atoms with Crippen molar-refractivity contribution in [3.63, 3.8) is 0 Å². The van der Waals surface area contributed by atoms with Crippen LogP contribution in [-0.4, -0.2) is 6.54 Å². The lowest BCUT2D eigenvalue weighted by molar-refractivity contribution is 0.628. The highest BCUT2D eigenvalue weighted by Gasteiger charge is 2.10. The molecule has 94 valence electrons. The standard InChI is InChI=1S/C15H17FN2/c1-3-18(13-7-5-12(16)6-8-13)15-9-4-11(2)10-14(15)17/h4-10H,3,17H2,1-2H3. The summed E-state index contributed by atoms with van der Waals surface area (Å²) in [5, 5.41) is 0. The molecule has 0 amide bonds. The van der Waals surface area contributed by atoms with Crippen LogP contribution in [0, 0.1) is 12.7 Å². The summed E-state index contributed by atoms with van der Waals surface area (Å²) in [6, 6.07) is 12.4.